The van der Waals surface area contributed by atoms with Gasteiger partial charge in [0.15, 0.2) is 0 Å². The van der Waals surface area contributed by atoms with Gasteiger partial charge in [-0.05, 0) is 50.6 Å². The zero-order chi connectivity index (χ0) is 21.3. The lowest BCUT2D eigenvalue weighted by Gasteiger charge is -2.20. The first kappa shape index (κ1) is 20.8. The molecule has 1 unspecified atom stereocenters. The van der Waals surface area contributed by atoms with Crippen molar-refractivity contribution in [1.82, 2.24) is 14.5 Å². The summed E-state index contributed by atoms with van der Waals surface area (Å²) >= 11 is 5.86. The van der Waals surface area contributed by atoms with Crippen LogP contribution in [0.25, 0.3) is 16.6 Å². The van der Waals surface area contributed by atoms with E-state index in [1.807, 2.05) is 13.8 Å². The lowest BCUT2D eigenvalue weighted by Crippen LogP contribution is -2.43. The Kier molecular flexibility index (Phi) is 5.88. The number of hydrogen-bond donors (Lipinski definition) is 1. The Morgan fingerprint density at radius 2 is 1.93 bits per heavy atom. The Balaban J connectivity index is 2.36. The van der Waals surface area contributed by atoms with Crippen molar-refractivity contribution in [1.29, 1.82) is 0 Å². The van der Waals surface area contributed by atoms with E-state index >= 15 is 0 Å². The number of benzene rings is 2. The summed E-state index contributed by atoms with van der Waals surface area (Å²) < 4.78 is 15.8. The second kappa shape index (κ2) is 8.21. The summed E-state index contributed by atoms with van der Waals surface area (Å²) in [5.74, 6) is -0.995. The molecule has 6 nitrogen and oxygen atoms in total. The number of aryl methyl sites for hydroxylation is 1. The lowest BCUT2D eigenvalue weighted by molar-refractivity contribution is -0.123. The molecule has 152 valence electrons. The predicted molar refractivity (Wildman–Crippen MR) is 112 cm³/mol. The standard InChI is InChI=1S/C21H21ClFN3O3/c1-4-9-24-19(27)13(3)25-18-8-5-12(2)10-15(18)20(28)26(21(25)29)14-6-7-17(23)16(22)11-14/h5-8,10-11,13H,4,9H2,1-3H3,(H,24,27). The number of fused-ring (bicyclic) bond motifs is 1. The topological polar surface area (TPSA) is 73.1 Å². The van der Waals surface area contributed by atoms with Crippen LogP contribution in [0.5, 0.6) is 0 Å². The highest BCUT2D eigenvalue weighted by molar-refractivity contribution is 6.30. The van der Waals surface area contributed by atoms with Crippen LogP contribution in [0, 0.1) is 12.7 Å². The molecule has 0 fully saturated rings. The van der Waals surface area contributed by atoms with Crippen molar-refractivity contribution in [2.75, 3.05) is 6.54 Å². The van der Waals surface area contributed by atoms with Gasteiger partial charge in [0.1, 0.15) is 11.9 Å². The summed E-state index contributed by atoms with van der Waals surface area (Å²) in [7, 11) is 0. The minimum Gasteiger partial charge on any atom is -0.354 e. The summed E-state index contributed by atoms with van der Waals surface area (Å²) in [4.78, 5) is 39.0. The van der Waals surface area contributed by atoms with Crippen LogP contribution in [0.1, 0.15) is 31.9 Å². The van der Waals surface area contributed by atoms with Gasteiger partial charge < -0.3 is 5.32 Å². The fourth-order valence-electron chi connectivity index (χ4n) is 3.19. The maximum absolute atomic E-state index is 13.6. The van der Waals surface area contributed by atoms with Crippen LogP contribution in [0.3, 0.4) is 0 Å². The minimum absolute atomic E-state index is 0.129. The van der Waals surface area contributed by atoms with Gasteiger partial charge in [-0.15, -0.1) is 0 Å². The molecule has 1 atom stereocenters. The smallest absolute Gasteiger partial charge is 0.336 e. The Hall–Kier alpha value is -2.93. The fraction of sp³-hybridized carbons (Fsp3) is 0.286. The largest absolute Gasteiger partial charge is 0.354 e. The summed E-state index contributed by atoms with van der Waals surface area (Å²) in [6, 6.07) is 7.83. The molecule has 3 rings (SSSR count). The van der Waals surface area contributed by atoms with E-state index < -0.39 is 23.1 Å². The Morgan fingerprint density at radius 3 is 2.59 bits per heavy atom. The first-order valence-corrected chi connectivity index (χ1v) is 9.65. The van der Waals surface area contributed by atoms with Gasteiger partial charge >= 0.3 is 5.69 Å². The van der Waals surface area contributed by atoms with Gasteiger partial charge in [0.2, 0.25) is 5.91 Å². The molecule has 0 radical (unpaired) electrons. The number of aromatic nitrogens is 2. The molecule has 1 heterocycles. The number of carbonyl (C=O) groups excluding carboxylic acids is 1. The van der Waals surface area contributed by atoms with E-state index in [1.54, 1.807) is 25.1 Å². The van der Waals surface area contributed by atoms with E-state index in [0.717, 1.165) is 22.6 Å². The van der Waals surface area contributed by atoms with Crippen molar-refractivity contribution < 1.29 is 9.18 Å². The van der Waals surface area contributed by atoms with Crippen molar-refractivity contribution in [3.8, 4) is 5.69 Å². The normalized spacial score (nSPS) is 12.2. The van der Waals surface area contributed by atoms with E-state index in [9.17, 15) is 18.8 Å². The lowest BCUT2D eigenvalue weighted by atomic mass is 10.1. The Morgan fingerprint density at radius 1 is 1.21 bits per heavy atom. The molecule has 0 spiro atoms. The molecule has 3 aromatic rings. The van der Waals surface area contributed by atoms with Crippen molar-refractivity contribution in [3.05, 3.63) is 73.6 Å². The van der Waals surface area contributed by atoms with Gasteiger partial charge in [-0.2, -0.15) is 0 Å². The van der Waals surface area contributed by atoms with Crippen LogP contribution in [0.2, 0.25) is 5.02 Å². The Bertz CT molecular complexity index is 1220. The van der Waals surface area contributed by atoms with Gasteiger partial charge in [-0.1, -0.05) is 30.2 Å². The van der Waals surface area contributed by atoms with Gasteiger partial charge in [0.05, 0.1) is 21.6 Å². The van der Waals surface area contributed by atoms with Gasteiger partial charge in [0, 0.05) is 6.54 Å². The van der Waals surface area contributed by atoms with Crippen LogP contribution in [0.15, 0.2) is 46.0 Å². The molecule has 0 saturated carbocycles. The van der Waals surface area contributed by atoms with E-state index in [0.29, 0.717) is 12.1 Å². The third-order valence-electron chi connectivity index (χ3n) is 4.72. The number of nitrogens with zero attached hydrogens (tertiary/aromatic N) is 2. The van der Waals surface area contributed by atoms with Crippen LogP contribution in [-0.2, 0) is 4.79 Å². The van der Waals surface area contributed by atoms with E-state index in [-0.39, 0.29) is 22.0 Å². The predicted octanol–water partition coefficient (Wildman–Crippen LogP) is 3.34. The van der Waals surface area contributed by atoms with Crippen LogP contribution in [-0.4, -0.2) is 21.6 Å². The van der Waals surface area contributed by atoms with Crippen LogP contribution in [0.4, 0.5) is 4.39 Å². The van der Waals surface area contributed by atoms with Gasteiger partial charge in [0.25, 0.3) is 5.56 Å². The third-order valence-corrected chi connectivity index (χ3v) is 5.01. The van der Waals surface area contributed by atoms with Crippen molar-refractivity contribution in [2.24, 2.45) is 0 Å². The van der Waals surface area contributed by atoms with Gasteiger partial charge in [-0.25, -0.2) is 13.8 Å². The summed E-state index contributed by atoms with van der Waals surface area (Å²) in [5, 5.41) is 2.84. The molecule has 1 aromatic heterocycles. The van der Waals surface area contributed by atoms with E-state index in [1.165, 1.54) is 16.7 Å². The number of hydrogen-bond acceptors (Lipinski definition) is 3. The van der Waals surface area contributed by atoms with Crippen molar-refractivity contribution >= 4 is 28.4 Å². The van der Waals surface area contributed by atoms with Crippen molar-refractivity contribution in [2.45, 2.75) is 33.2 Å². The number of carbonyl (C=O) groups is 1. The molecular formula is C21H21ClFN3O3. The third kappa shape index (κ3) is 3.82. The minimum atomic E-state index is -0.859. The average molecular weight is 418 g/mol. The molecule has 8 heteroatoms. The van der Waals surface area contributed by atoms with Gasteiger partial charge in [-0.3, -0.25) is 14.2 Å². The maximum atomic E-state index is 13.6. The number of halogens is 2. The molecule has 0 bridgehead atoms. The van der Waals surface area contributed by atoms with E-state index in [2.05, 4.69) is 5.32 Å². The average Bonchev–Trinajstić information content (AvgIpc) is 2.69. The first-order valence-electron chi connectivity index (χ1n) is 9.27. The number of rotatable bonds is 5. The second-order valence-corrected chi connectivity index (χ2v) is 7.29. The Labute approximate surface area is 171 Å². The van der Waals surface area contributed by atoms with Crippen LogP contribution < -0.4 is 16.6 Å². The highest BCUT2D eigenvalue weighted by Crippen LogP contribution is 2.20. The molecule has 1 amide bonds. The van der Waals surface area contributed by atoms with Crippen molar-refractivity contribution in [3.63, 3.8) is 0 Å². The fourth-order valence-corrected chi connectivity index (χ4v) is 3.36. The monoisotopic (exact) mass is 417 g/mol. The second-order valence-electron chi connectivity index (χ2n) is 6.88. The summed E-state index contributed by atoms with van der Waals surface area (Å²) in [6.45, 7) is 5.82. The molecular weight excluding hydrogens is 397 g/mol. The van der Waals surface area contributed by atoms with Crippen LogP contribution >= 0.6 is 11.6 Å². The SMILES string of the molecule is CCCNC(=O)C(C)n1c(=O)n(-c2ccc(F)c(Cl)c2)c(=O)c2cc(C)ccc21. The summed E-state index contributed by atoms with van der Waals surface area (Å²) in [6.07, 6.45) is 0.751. The highest BCUT2D eigenvalue weighted by Gasteiger charge is 2.23. The number of amides is 1. The number of nitrogens with one attached hydrogen (secondary N) is 1. The first-order chi connectivity index (χ1) is 13.8. The molecule has 29 heavy (non-hydrogen) atoms. The highest BCUT2D eigenvalue weighted by atomic mass is 35.5. The van der Waals surface area contributed by atoms with E-state index in [4.69, 9.17) is 11.6 Å². The summed E-state index contributed by atoms with van der Waals surface area (Å²) in [5.41, 5.74) is 0.0486. The molecule has 1 N–H and O–H groups in total. The molecule has 0 aliphatic carbocycles. The maximum Gasteiger partial charge on any atom is 0.336 e. The quantitative estimate of drug-likeness (QED) is 0.692. The zero-order valence-corrected chi connectivity index (χ0v) is 17.1. The molecule has 0 aliphatic heterocycles. The molecule has 0 saturated heterocycles. The zero-order valence-electron chi connectivity index (χ0n) is 16.3. The molecule has 0 aliphatic rings. The molecule has 2 aromatic carbocycles.